The van der Waals surface area contributed by atoms with Gasteiger partial charge in [0.05, 0.1) is 13.2 Å². The van der Waals surface area contributed by atoms with E-state index >= 15 is 0 Å². The molecule has 1 aliphatic rings. The molecule has 0 aliphatic carbocycles. The minimum atomic E-state index is -0.250. The lowest BCUT2D eigenvalue weighted by atomic mass is 10.1. The molecule has 7 heteroatoms. The van der Waals surface area contributed by atoms with Crippen LogP contribution in [0.5, 0.6) is 5.75 Å². The molecular formula is C16H22N4O3. The summed E-state index contributed by atoms with van der Waals surface area (Å²) >= 11 is 0. The van der Waals surface area contributed by atoms with E-state index in [-0.39, 0.29) is 17.9 Å². The SMILES string of the molecule is COc1cccc([C@@H](CNC(=O)C2=NNC(=O)CC2)N(C)C)c1. The van der Waals surface area contributed by atoms with Crippen LogP contribution in [-0.2, 0) is 9.59 Å². The smallest absolute Gasteiger partial charge is 0.267 e. The molecule has 0 unspecified atom stereocenters. The number of carbonyl (C=O) groups is 2. The number of hydrogen-bond donors (Lipinski definition) is 2. The Balaban J connectivity index is 2.02. The number of carbonyl (C=O) groups excluding carboxylic acids is 2. The van der Waals surface area contributed by atoms with Crippen molar-refractivity contribution < 1.29 is 14.3 Å². The molecule has 1 aliphatic heterocycles. The summed E-state index contributed by atoms with van der Waals surface area (Å²) in [5.41, 5.74) is 3.74. The lowest BCUT2D eigenvalue weighted by Crippen LogP contribution is -2.40. The van der Waals surface area contributed by atoms with Crippen LogP contribution in [0.1, 0.15) is 24.4 Å². The standard InChI is InChI=1S/C16H22N4O3/c1-20(2)14(11-5-4-6-12(9-11)23-3)10-17-16(22)13-7-8-15(21)19-18-13/h4-6,9,14H,7-8,10H2,1-3H3,(H,17,22)(H,19,21)/t14-/m1/s1. The van der Waals surface area contributed by atoms with E-state index in [9.17, 15) is 9.59 Å². The van der Waals surface area contributed by atoms with Crippen LogP contribution in [0.3, 0.4) is 0 Å². The van der Waals surface area contributed by atoms with Gasteiger partial charge in [-0.25, -0.2) is 5.43 Å². The van der Waals surface area contributed by atoms with E-state index in [0.717, 1.165) is 11.3 Å². The number of likely N-dealkylation sites (N-methyl/N-ethyl adjacent to an activating group) is 1. The second kappa shape index (κ2) is 7.73. The molecule has 124 valence electrons. The van der Waals surface area contributed by atoms with Gasteiger partial charge in [-0.2, -0.15) is 5.10 Å². The Labute approximate surface area is 135 Å². The Morgan fingerprint density at radius 2 is 2.22 bits per heavy atom. The van der Waals surface area contributed by atoms with Gasteiger partial charge in [0.25, 0.3) is 5.91 Å². The van der Waals surface area contributed by atoms with Crippen molar-refractivity contribution in [3.8, 4) is 5.75 Å². The van der Waals surface area contributed by atoms with Gasteiger partial charge in [0, 0.05) is 19.4 Å². The first-order valence-corrected chi connectivity index (χ1v) is 7.45. The largest absolute Gasteiger partial charge is 0.497 e. The topological polar surface area (TPSA) is 83.0 Å². The van der Waals surface area contributed by atoms with Gasteiger partial charge in [-0.15, -0.1) is 0 Å². The minimum absolute atomic E-state index is 0.00725. The summed E-state index contributed by atoms with van der Waals surface area (Å²) in [5, 5.41) is 6.69. The molecule has 0 aromatic heterocycles. The molecule has 1 atom stereocenters. The van der Waals surface area contributed by atoms with Crippen LogP contribution in [0.15, 0.2) is 29.4 Å². The van der Waals surface area contributed by atoms with E-state index in [4.69, 9.17) is 4.74 Å². The number of nitrogens with one attached hydrogen (secondary N) is 2. The van der Waals surface area contributed by atoms with E-state index in [1.54, 1.807) is 7.11 Å². The number of nitrogens with zero attached hydrogens (tertiary/aromatic N) is 2. The Morgan fingerprint density at radius 3 is 2.83 bits per heavy atom. The van der Waals surface area contributed by atoms with Gasteiger partial charge in [-0.05, 0) is 31.8 Å². The van der Waals surface area contributed by atoms with E-state index in [0.29, 0.717) is 25.1 Å². The zero-order valence-electron chi connectivity index (χ0n) is 13.6. The first-order chi connectivity index (χ1) is 11.0. The predicted molar refractivity (Wildman–Crippen MR) is 87.2 cm³/mol. The summed E-state index contributed by atoms with van der Waals surface area (Å²) in [5.74, 6) is 0.365. The first kappa shape index (κ1) is 17.0. The molecule has 1 aromatic rings. The Hall–Kier alpha value is -2.41. The van der Waals surface area contributed by atoms with Crippen molar-refractivity contribution >= 4 is 17.5 Å². The molecule has 0 fully saturated rings. The van der Waals surface area contributed by atoms with Gasteiger partial charge in [-0.3, -0.25) is 9.59 Å². The molecular weight excluding hydrogens is 296 g/mol. The second-order valence-electron chi connectivity index (χ2n) is 5.56. The fourth-order valence-electron chi connectivity index (χ4n) is 2.38. The fourth-order valence-corrected chi connectivity index (χ4v) is 2.38. The average molecular weight is 318 g/mol. The summed E-state index contributed by atoms with van der Waals surface area (Å²) in [7, 11) is 5.53. The summed E-state index contributed by atoms with van der Waals surface area (Å²) in [6.07, 6.45) is 0.655. The summed E-state index contributed by atoms with van der Waals surface area (Å²) < 4.78 is 5.25. The predicted octanol–water partition coefficient (Wildman–Crippen LogP) is 0.680. The maximum atomic E-state index is 12.1. The third kappa shape index (κ3) is 4.53. The number of methoxy groups -OCH3 is 1. The third-order valence-electron chi connectivity index (χ3n) is 3.72. The van der Waals surface area contributed by atoms with Crippen LogP contribution in [0.4, 0.5) is 0 Å². The molecule has 2 rings (SSSR count). The fraction of sp³-hybridized carbons (Fsp3) is 0.438. The number of amides is 2. The quantitative estimate of drug-likeness (QED) is 0.808. The molecule has 0 saturated carbocycles. The van der Waals surface area contributed by atoms with Gasteiger partial charge in [-0.1, -0.05) is 12.1 Å². The van der Waals surface area contributed by atoms with Gasteiger partial charge >= 0.3 is 0 Å². The molecule has 0 radical (unpaired) electrons. The number of rotatable bonds is 6. The van der Waals surface area contributed by atoms with Crippen molar-refractivity contribution in [1.29, 1.82) is 0 Å². The molecule has 2 amide bonds. The van der Waals surface area contributed by atoms with Crippen LogP contribution >= 0.6 is 0 Å². The minimum Gasteiger partial charge on any atom is -0.497 e. The molecule has 0 spiro atoms. The number of hydrazone groups is 1. The number of ether oxygens (including phenoxy) is 1. The van der Waals surface area contributed by atoms with Gasteiger partial charge in [0.2, 0.25) is 5.91 Å². The van der Waals surface area contributed by atoms with E-state index in [1.165, 1.54) is 0 Å². The molecule has 7 nitrogen and oxygen atoms in total. The summed E-state index contributed by atoms with van der Waals surface area (Å²) in [6.45, 7) is 0.436. The number of hydrogen-bond acceptors (Lipinski definition) is 5. The highest BCUT2D eigenvalue weighted by Crippen LogP contribution is 2.22. The molecule has 2 N–H and O–H groups in total. The maximum absolute atomic E-state index is 12.1. The van der Waals surface area contributed by atoms with Crippen LogP contribution in [-0.4, -0.2) is 50.2 Å². The summed E-state index contributed by atoms with van der Waals surface area (Å²) in [6, 6.07) is 7.77. The normalized spacial score (nSPS) is 15.7. The van der Waals surface area contributed by atoms with Crippen LogP contribution in [0.2, 0.25) is 0 Å². The summed E-state index contributed by atoms with van der Waals surface area (Å²) in [4.78, 5) is 25.2. The zero-order chi connectivity index (χ0) is 16.8. The Kier molecular flexibility index (Phi) is 5.70. The molecule has 0 bridgehead atoms. The third-order valence-corrected chi connectivity index (χ3v) is 3.72. The van der Waals surface area contributed by atoms with Crippen molar-refractivity contribution in [2.75, 3.05) is 27.7 Å². The lowest BCUT2D eigenvalue weighted by molar-refractivity contribution is -0.121. The monoisotopic (exact) mass is 318 g/mol. The van der Waals surface area contributed by atoms with E-state index < -0.39 is 0 Å². The highest BCUT2D eigenvalue weighted by Gasteiger charge is 2.21. The highest BCUT2D eigenvalue weighted by atomic mass is 16.5. The Bertz CT molecular complexity index is 613. The molecule has 0 saturated heterocycles. The maximum Gasteiger partial charge on any atom is 0.267 e. The van der Waals surface area contributed by atoms with Crippen molar-refractivity contribution in [3.63, 3.8) is 0 Å². The van der Waals surface area contributed by atoms with Crippen molar-refractivity contribution in [2.45, 2.75) is 18.9 Å². The van der Waals surface area contributed by atoms with E-state index in [1.807, 2.05) is 43.3 Å². The zero-order valence-corrected chi connectivity index (χ0v) is 13.6. The lowest BCUT2D eigenvalue weighted by Gasteiger charge is -2.25. The molecule has 23 heavy (non-hydrogen) atoms. The average Bonchev–Trinajstić information content (AvgIpc) is 2.55. The highest BCUT2D eigenvalue weighted by molar-refractivity contribution is 6.39. The van der Waals surface area contributed by atoms with E-state index in [2.05, 4.69) is 15.8 Å². The van der Waals surface area contributed by atoms with Gasteiger partial charge in [0.15, 0.2) is 0 Å². The van der Waals surface area contributed by atoms with Crippen LogP contribution in [0.25, 0.3) is 0 Å². The van der Waals surface area contributed by atoms with Crippen LogP contribution < -0.4 is 15.5 Å². The van der Waals surface area contributed by atoms with Crippen LogP contribution in [0, 0.1) is 0 Å². The number of benzene rings is 1. The van der Waals surface area contributed by atoms with Gasteiger partial charge < -0.3 is 15.0 Å². The first-order valence-electron chi connectivity index (χ1n) is 7.45. The van der Waals surface area contributed by atoms with Crippen molar-refractivity contribution in [2.24, 2.45) is 5.10 Å². The van der Waals surface area contributed by atoms with Crippen molar-refractivity contribution in [3.05, 3.63) is 29.8 Å². The molecule has 1 aromatic carbocycles. The second-order valence-corrected chi connectivity index (χ2v) is 5.56. The molecule has 1 heterocycles. The van der Waals surface area contributed by atoms with Gasteiger partial charge in [0.1, 0.15) is 11.5 Å². The Morgan fingerprint density at radius 1 is 1.43 bits per heavy atom. The van der Waals surface area contributed by atoms with Crippen molar-refractivity contribution in [1.82, 2.24) is 15.6 Å².